The fraction of sp³-hybridized carbons (Fsp3) is 0.375. The van der Waals surface area contributed by atoms with Crippen molar-refractivity contribution >= 4 is 16.2 Å². The molecule has 3 nitrogen and oxygen atoms in total. The molecule has 0 radical (unpaired) electrons. The molecule has 0 unspecified atom stereocenters. The Bertz CT molecular complexity index is 433. The Balaban J connectivity index is 2.97. The van der Waals surface area contributed by atoms with Gasteiger partial charge in [-0.05, 0) is 29.7 Å². The van der Waals surface area contributed by atoms with Gasteiger partial charge in [-0.1, -0.05) is 0 Å². The van der Waals surface area contributed by atoms with Gasteiger partial charge in [-0.25, -0.2) is 4.98 Å². The molecule has 0 saturated heterocycles. The molecule has 62 valence electrons. The summed E-state index contributed by atoms with van der Waals surface area (Å²) in [7, 11) is 0. The van der Waals surface area contributed by atoms with E-state index in [0.29, 0.717) is 0 Å². The van der Waals surface area contributed by atoms with Gasteiger partial charge in [0.1, 0.15) is 11.4 Å². The van der Waals surface area contributed by atoms with Crippen molar-refractivity contribution in [3.8, 4) is 0 Å². The van der Waals surface area contributed by atoms with Crippen molar-refractivity contribution in [3.05, 3.63) is 22.6 Å². The van der Waals surface area contributed by atoms with Crippen LogP contribution in [0.1, 0.15) is 17.1 Å². The zero-order valence-corrected chi connectivity index (χ0v) is 8.14. The van der Waals surface area contributed by atoms with Gasteiger partial charge < -0.3 is 0 Å². The van der Waals surface area contributed by atoms with Crippen LogP contribution in [0, 0.1) is 20.8 Å². The average molecular weight is 180 g/mol. The molecule has 2 rings (SSSR count). The zero-order chi connectivity index (χ0) is 8.72. The smallest absolute Gasteiger partial charge is 0.244 e. The highest BCUT2D eigenvalue weighted by atomic mass is 32.1. The molecule has 2 heterocycles. The Morgan fingerprint density at radius 2 is 2.00 bits per heavy atom. The molecule has 2 aromatic heterocycles. The predicted molar refractivity (Wildman–Crippen MR) is 47.3 cm³/mol. The first kappa shape index (κ1) is 7.61. The van der Waals surface area contributed by atoms with Crippen molar-refractivity contribution in [2.75, 3.05) is 0 Å². The maximum atomic E-state index is 4.42. The van der Waals surface area contributed by atoms with E-state index in [1.54, 1.807) is 11.3 Å². The van der Waals surface area contributed by atoms with Crippen molar-refractivity contribution in [2.24, 2.45) is 0 Å². The summed E-state index contributed by atoms with van der Waals surface area (Å²) in [4.78, 5) is 5.56. The summed E-state index contributed by atoms with van der Waals surface area (Å²) in [6.07, 6.45) is 0. The van der Waals surface area contributed by atoms with Crippen LogP contribution in [-0.2, 0) is 0 Å². The second kappa shape index (κ2) is 2.48. The number of aryl methyl sites for hydroxylation is 3. The number of rotatable bonds is 0. The van der Waals surface area contributed by atoms with Crippen LogP contribution in [0.25, 0.3) is 4.83 Å². The van der Waals surface area contributed by atoms with Crippen LogP contribution in [0.4, 0.5) is 0 Å². The minimum atomic E-state index is 1.05. The van der Waals surface area contributed by atoms with Gasteiger partial charge in [0.2, 0.25) is 5.69 Å². The Morgan fingerprint density at radius 1 is 1.25 bits per heavy atom. The van der Waals surface area contributed by atoms with E-state index in [9.17, 15) is 0 Å². The maximum Gasteiger partial charge on any atom is 0.316 e. The Morgan fingerprint density at radius 3 is 2.75 bits per heavy atom. The fourth-order valence-electron chi connectivity index (χ4n) is 1.23. The number of hydrogen-bond acceptors (Lipinski definition) is 3. The first-order chi connectivity index (χ1) is 5.70. The molecule has 0 bridgehead atoms. The largest absolute Gasteiger partial charge is 0.316 e. The third-order valence-electron chi connectivity index (χ3n) is 2.01. The summed E-state index contributed by atoms with van der Waals surface area (Å²) < 4.78 is 1.95. The summed E-state index contributed by atoms with van der Waals surface area (Å²) in [5.74, 6) is 0. The molecule has 2 aromatic rings. The van der Waals surface area contributed by atoms with Gasteiger partial charge in [-0.15, -0.1) is 0 Å². The lowest BCUT2D eigenvalue weighted by atomic mass is 10.3. The third-order valence-corrected chi connectivity index (χ3v) is 2.90. The standard InChI is InChI=1S/C8H10N3S/c1-5-7(3)11-8(6(2)10-5)12-4-9-11/h4H,1-3H3/q+1. The third kappa shape index (κ3) is 0.914. The molecule has 0 saturated carbocycles. The molecular weight excluding hydrogens is 170 g/mol. The van der Waals surface area contributed by atoms with Crippen LogP contribution >= 0.6 is 11.3 Å². The number of nitrogens with zero attached hydrogens (tertiary/aromatic N) is 3. The van der Waals surface area contributed by atoms with Crippen LogP contribution in [-0.4, -0.2) is 10.1 Å². The van der Waals surface area contributed by atoms with Gasteiger partial charge in [0, 0.05) is 12.0 Å². The van der Waals surface area contributed by atoms with Crippen LogP contribution in [0.3, 0.4) is 0 Å². The molecule has 0 fully saturated rings. The van der Waals surface area contributed by atoms with Crippen LogP contribution in [0.5, 0.6) is 0 Å². The van der Waals surface area contributed by atoms with E-state index in [4.69, 9.17) is 0 Å². The highest BCUT2D eigenvalue weighted by Crippen LogP contribution is 2.09. The lowest BCUT2D eigenvalue weighted by Crippen LogP contribution is -2.29. The van der Waals surface area contributed by atoms with E-state index in [1.807, 2.05) is 30.8 Å². The maximum absolute atomic E-state index is 4.42. The SMILES string of the molecule is Cc1nc(C)c2scn[n+]2c1C. The average Bonchev–Trinajstić information content (AvgIpc) is 2.48. The zero-order valence-electron chi connectivity index (χ0n) is 7.33. The van der Waals surface area contributed by atoms with Crippen molar-refractivity contribution in [1.82, 2.24) is 10.1 Å². The van der Waals surface area contributed by atoms with Crippen molar-refractivity contribution in [2.45, 2.75) is 20.8 Å². The van der Waals surface area contributed by atoms with Crippen LogP contribution in [0.2, 0.25) is 0 Å². The highest BCUT2D eigenvalue weighted by Gasteiger charge is 2.16. The molecule has 0 aliphatic heterocycles. The molecule has 0 aliphatic rings. The monoisotopic (exact) mass is 180 g/mol. The first-order valence-electron chi connectivity index (χ1n) is 3.79. The quantitative estimate of drug-likeness (QED) is 0.570. The summed E-state index contributed by atoms with van der Waals surface area (Å²) in [6.45, 7) is 6.06. The molecule has 0 N–H and O–H groups in total. The lowest BCUT2D eigenvalue weighted by molar-refractivity contribution is -0.584. The Kier molecular flexibility index (Phi) is 1.58. The van der Waals surface area contributed by atoms with E-state index in [0.717, 1.165) is 21.9 Å². The van der Waals surface area contributed by atoms with E-state index < -0.39 is 0 Å². The van der Waals surface area contributed by atoms with E-state index in [2.05, 4.69) is 10.1 Å². The second-order valence-electron chi connectivity index (χ2n) is 2.82. The Labute approximate surface area is 74.7 Å². The van der Waals surface area contributed by atoms with Gasteiger partial charge >= 0.3 is 4.83 Å². The summed E-state index contributed by atoms with van der Waals surface area (Å²) >= 11 is 1.63. The summed E-state index contributed by atoms with van der Waals surface area (Å²) in [6, 6.07) is 0. The van der Waals surface area contributed by atoms with Gasteiger partial charge in [0.15, 0.2) is 5.51 Å². The molecule has 0 spiro atoms. The molecular formula is C8H10N3S+. The van der Waals surface area contributed by atoms with Crippen LogP contribution in [0.15, 0.2) is 5.51 Å². The number of hydrogen-bond donors (Lipinski definition) is 0. The van der Waals surface area contributed by atoms with Crippen molar-refractivity contribution < 1.29 is 4.52 Å². The predicted octanol–water partition coefficient (Wildman–Crippen LogP) is 1.20. The molecule has 4 heteroatoms. The highest BCUT2D eigenvalue weighted by molar-refractivity contribution is 7.14. The topological polar surface area (TPSA) is 29.9 Å². The van der Waals surface area contributed by atoms with Gasteiger partial charge in [-0.3, -0.25) is 0 Å². The van der Waals surface area contributed by atoms with Crippen molar-refractivity contribution in [3.63, 3.8) is 0 Å². The van der Waals surface area contributed by atoms with Gasteiger partial charge in [0.25, 0.3) is 0 Å². The summed E-state index contributed by atoms with van der Waals surface area (Å²) in [5.41, 5.74) is 5.07. The van der Waals surface area contributed by atoms with Gasteiger partial charge in [-0.2, -0.15) is 0 Å². The lowest BCUT2D eigenvalue weighted by Gasteiger charge is -1.93. The van der Waals surface area contributed by atoms with E-state index in [1.165, 1.54) is 0 Å². The van der Waals surface area contributed by atoms with Crippen molar-refractivity contribution in [1.29, 1.82) is 0 Å². The Hall–Kier alpha value is -1.03. The molecule has 0 atom stereocenters. The number of aromatic nitrogens is 3. The normalized spacial score (nSPS) is 10.9. The van der Waals surface area contributed by atoms with E-state index >= 15 is 0 Å². The minimum absolute atomic E-state index is 1.05. The molecule has 0 aliphatic carbocycles. The molecule has 12 heavy (non-hydrogen) atoms. The van der Waals surface area contributed by atoms with E-state index in [-0.39, 0.29) is 0 Å². The first-order valence-corrected chi connectivity index (χ1v) is 4.67. The molecule has 0 amide bonds. The number of fused-ring (bicyclic) bond motifs is 1. The minimum Gasteiger partial charge on any atom is -0.244 e. The summed E-state index contributed by atoms with van der Waals surface area (Å²) in [5, 5.41) is 4.24. The second-order valence-corrected chi connectivity index (χ2v) is 3.66. The van der Waals surface area contributed by atoms with Crippen LogP contribution < -0.4 is 4.52 Å². The van der Waals surface area contributed by atoms with Gasteiger partial charge in [0.05, 0.1) is 0 Å². The fourth-order valence-corrected chi connectivity index (χ4v) is 1.98. The molecule has 0 aromatic carbocycles.